The predicted molar refractivity (Wildman–Crippen MR) is 103 cm³/mol. The quantitative estimate of drug-likeness (QED) is 0.535. The van der Waals surface area contributed by atoms with Crippen LogP contribution in [0.1, 0.15) is 30.9 Å². The number of thiocarbonyl (C=S) groups is 1. The first-order chi connectivity index (χ1) is 12.4. The van der Waals surface area contributed by atoms with E-state index in [0.717, 1.165) is 5.56 Å². The lowest BCUT2D eigenvalue weighted by Gasteiger charge is -2.12. The Balaban J connectivity index is 1.66. The highest BCUT2D eigenvalue weighted by molar-refractivity contribution is 7.80. The lowest BCUT2D eigenvalue weighted by molar-refractivity contribution is -0.123. The number of hydrogen-bond donors (Lipinski definition) is 3. The molecule has 0 aromatic heterocycles. The van der Waals surface area contributed by atoms with Gasteiger partial charge in [0.15, 0.2) is 11.7 Å². The number of carbonyl (C=O) groups is 1. The zero-order valence-electron chi connectivity index (χ0n) is 14.7. The molecule has 0 saturated heterocycles. The van der Waals surface area contributed by atoms with E-state index < -0.39 is 0 Å². The lowest BCUT2D eigenvalue weighted by Crippen LogP contribution is -2.48. The number of ether oxygens (including phenoxy) is 1. The average Bonchev–Trinajstić information content (AvgIpc) is 2.64. The van der Waals surface area contributed by atoms with Gasteiger partial charge in [-0.2, -0.15) is 0 Å². The van der Waals surface area contributed by atoms with Gasteiger partial charge in [-0.25, -0.2) is 4.39 Å². The van der Waals surface area contributed by atoms with Crippen molar-refractivity contribution in [3.63, 3.8) is 0 Å². The molecule has 0 atom stereocenters. The Hall–Kier alpha value is -2.67. The molecule has 2 aromatic rings. The van der Waals surface area contributed by atoms with Gasteiger partial charge in [0.25, 0.3) is 5.91 Å². The lowest BCUT2D eigenvalue weighted by atomic mass is 10.0. The van der Waals surface area contributed by atoms with Gasteiger partial charge in [0.1, 0.15) is 11.6 Å². The minimum atomic E-state index is -0.358. The van der Waals surface area contributed by atoms with Crippen LogP contribution in [0.5, 0.6) is 5.75 Å². The molecule has 0 heterocycles. The molecule has 0 radical (unpaired) electrons. The molecule has 0 aliphatic rings. The van der Waals surface area contributed by atoms with E-state index >= 15 is 0 Å². The van der Waals surface area contributed by atoms with Gasteiger partial charge in [-0.15, -0.1) is 0 Å². The third-order valence-electron chi connectivity index (χ3n) is 3.60. The fourth-order valence-corrected chi connectivity index (χ4v) is 2.21. The van der Waals surface area contributed by atoms with Gasteiger partial charge in [-0.05, 0) is 53.5 Å². The second-order valence-corrected chi connectivity index (χ2v) is 6.40. The highest BCUT2D eigenvalue weighted by Gasteiger charge is 2.05. The Morgan fingerprint density at radius 1 is 1.08 bits per heavy atom. The SMILES string of the molecule is CC(C)c1ccc(OCC(=O)NNC(=S)NCc2ccc(F)cc2)cc1. The molecule has 26 heavy (non-hydrogen) atoms. The van der Waals surface area contributed by atoms with Gasteiger partial charge < -0.3 is 10.1 Å². The molecule has 0 fully saturated rings. The molecule has 0 bridgehead atoms. The summed E-state index contributed by atoms with van der Waals surface area (Å²) in [5, 5.41) is 3.16. The summed E-state index contributed by atoms with van der Waals surface area (Å²) in [6.07, 6.45) is 0. The van der Waals surface area contributed by atoms with Crippen LogP contribution in [0.3, 0.4) is 0 Å². The minimum absolute atomic E-state index is 0.130. The maximum atomic E-state index is 12.8. The molecule has 1 amide bonds. The number of halogens is 1. The Bertz CT molecular complexity index is 733. The van der Waals surface area contributed by atoms with Crippen molar-refractivity contribution in [1.29, 1.82) is 0 Å². The van der Waals surface area contributed by atoms with Crippen molar-refractivity contribution in [2.24, 2.45) is 0 Å². The first-order valence-electron chi connectivity index (χ1n) is 8.24. The largest absolute Gasteiger partial charge is 0.484 e. The first kappa shape index (κ1) is 19.7. The normalized spacial score (nSPS) is 10.3. The molecule has 0 aliphatic carbocycles. The topological polar surface area (TPSA) is 62.4 Å². The van der Waals surface area contributed by atoms with Crippen molar-refractivity contribution in [2.45, 2.75) is 26.3 Å². The molecule has 2 aromatic carbocycles. The number of benzene rings is 2. The highest BCUT2D eigenvalue weighted by atomic mass is 32.1. The fourth-order valence-electron chi connectivity index (χ4n) is 2.09. The van der Waals surface area contributed by atoms with E-state index in [1.54, 1.807) is 12.1 Å². The second-order valence-electron chi connectivity index (χ2n) is 5.99. The monoisotopic (exact) mass is 375 g/mol. The molecule has 0 spiro atoms. The van der Waals surface area contributed by atoms with E-state index in [9.17, 15) is 9.18 Å². The summed E-state index contributed by atoms with van der Waals surface area (Å²) < 4.78 is 18.3. The fraction of sp³-hybridized carbons (Fsp3) is 0.263. The predicted octanol–water partition coefficient (Wildman–Crippen LogP) is 3.02. The first-order valence-corrected chi connectivity index (χ1v) is 8.65. The summed E-state index contributed by atoms with van der Waals surface area (Å²) in [5.41, 5.74) is 7.12. The summed E-state index contributed by atoms with van der Waals surface area (Å²) in [4.78, 5) is 11.8. The van der Waals surface area contributed by atoms with Crippen LogP contribution in [-0.4, -0.2) is 17.6 Å². The smallest absolute Gasteiger partial charge is 0.276 e. The van der Waals surface area contributed by atoms with Crippen molar-refractivity contribution >= 4 is 23.2 Å². The number of nitrogens with one attached hydrogen (secondary N) is 3. The minimum Gasteiger partial charge on any atom is -0.484 e. The van der Waals surface area contributed by atoms with Gasteiger partial charge in [0, 0.05) is 6.54 Å². The van der Waals surface area contributed by atoms with Crippen LogP contribution >= 0.6 is 12.2 Å². The van der Waals surface area contributed by atoms with Crippen molar-refractivity contribution in [3.05, 3.63) is 65.5 Å². The van der Waals surface area contributed by atoms with Gasteiger partial charge in [-0.1, -0.05) is 38.1 Å². The summed E-state index contributed by atoms with van der Waals surface area (Å²) in [5.74, 6) is 0.422. The second kappa shape index (κ2) is 9.72. The maximum Gasteiger partial charge on any atom is 0.276 e. The van der Waals surface area contributed by atoms with Gasteiger partial charge in [-0.3, -0.25) is 15.6 Å². The Labute approximate surface area is 157 Å². The number of hydrazine groups is 1. The molecule has 0 saturated carbocycles. The van der Waals surface area contributed by atoms with E-state index in [-0.39, 0.29) is 23.4 Å². The zero-order chi connectivity index (χ0) is 18.9. The Morgan fingerprint density at radius 2 is 1.73 bits per heavy atom. The van der Waals surface area contributed by atoms with Crippen molar-refractivity contribution in [1.82, 2.24) is 16.2 Å². The van der Waals surface area contributed by atoms with Crippen LogP contribution < -0.4 is 20.9 Å². The summed E-state index contributed by atoms with van der Waals surface area (Å²) >= 11 is 5.06. The van der Waals surface area contributed by atoms with E-state index in [2.05, 4.69) is 30.0 Å². The Kier molecular flexibility index (Phi) is 7.35. The third kappa shape index (κ3) is 6.68. The zero-order valence-corrected chi connectivity index (χ0v) is 15.5. The van der Waals surface area contributed by atoms with Crippen LogP contribution in [0.2, 0.25) is 0 Å². The van der Waals surface area contributed by atoms with Gasteiger partial charge in [0.2, 0.25) is 0 Å². The van der Waals surface area contributed by atoms with E-state index in [1.807, 2.05) is 24.3 Å². The third-order valence-corrected chi connectivity index (χ3v) is 3.84. The molecule has 5 nitrogen and oxygen atoms in total. The van der Waals surface area contributed by atoms with Crippen molar-refractivity contribution in [2.75, 3.05) is 6.61 Å². The molecular formula is C19H22FN3O2S. The van der Waals surface area contributed by atoms with Crippen LogP contribution in [-0.2, 0) is 11.3 Å². The van der Waals surface area contributed by atoms with Crippen molar-refractivity contribution < 1.29 is 13.9 Å². The molecule has 3 N–H and O–H groups in total. The molecule has 138 valence electrons. The number of carbonyl (C=O) groups excluding carboxylic acids is 1. The van der Waals surface area contributed by atoms with E-state index in [1.165, 1.54) is 17.7 Å². The molecule has 0 unspecified atom stereocenters. The maximum absolute atomic E-state index is 12.8. The number of amides is 1. The van der Waals surface area contributed by atoms with E-state index in [4.69, 9.17) is 17.0 Å². The van der Waals surface area contributed by atoms with Crippen LogP contribution in [0.4, 0.5) is 4.39 Å². The number of hydrogen-bond acceptors (Lipinski definition) is 3. The molecule has 2 rings (SSSR count). The van der Waals surface area contributed by atoms with Crippen LogP contribution in [0.25, 0.3) is 0 Å². The number of rotatable bonds is 6. The van der Waals surface area contributed by atoms with E-state index in [0.29, 0.717) is 18.2 Å². The summed E-state index contributed by atoms with van der Waals surface area (Å²) in [6, 6.07) is 13.7. The highest BCUT2D eigenvalue weighted by Crippen LogP contribution is 2.18. The standard InChI is InChI=1S/C19H22FN3O2S/c1-13(2)15-5-9-17(10-6-15)25-12-18(24)22-23-19(26)21-11-14-3-7-16(20)8-4-14/h3-10,13H,11-12H2,1-2H3,(H,22,24)(H2,21,23,26). The van der Waals surface area contributed by atoms with Crippen LogP contribution in [0.15, 0.2) is 48.5 Å². The van der Waals surface area contributed by atoms with Gasteiger partial charge in [0.05, 0.1) is 0 Å². The molecule has 7 heteroatoms. The molecular weight excluding hydrogens is 353 g/mol. The van der Waals surface area contributed by atoms with Crippen molar-refractivity contribution in [3.8, 4) is 5.75 Å². The molecule has 0 aliphatic heterocycles. The summed E-state index contributed by atoms with van der Waals surface area (Å²) in [6.45, 7) is 4.51. The Morgan fingerprint density at radius 3 is 2.35 bits per heavy atom. The average molecular weight is 375 g/mol. The van der Waals surface area contributed by atoms with Gasteiger partial charge >= 0.3 is 0 Å². The van der Waals surface area contributed by atoms with Crippen LogP contribution in [0, 0.1) is 5.82 Å². The summed E-state index contributed by atoms with van der Waals surface area (Å²) in [7, 11) is 0.